The number of hydrogen-bond acceptors (Lipinski definition) is 3. The molecule has 1 aromatic carbocycles. The molecule has 0 amide bonds. The monoisotopic (exact) mass is 300 g/mol. The van der Waals surface area contributed by atoms with Gasteiger partial charge in [0.15, 0.2) is 0 Å². The molecule has 0 aliphatic heterocycles. The van der Waals surface area contributed by atoms with Gasteiger partial charge in [-0.25, -0.2) is 4.98 Å². The highest BCUT2D eigenvalue weighted by Gasteiger charge is 2.16. The Labute approximate surface area is 121 Å². The zero-order valence-corrected chi connectivity index (χ0v) is 12.5. The molecule has 2 atom stereocenters. The molecule has 0 fully saturated rings. The first-order valence-corrected chi connectivity index (χ1v) is 7.32. The number of nitrogens with one attached hydrogen (secondary N) is 1. The van der Waals surface area contributed by atoms with Crippen LogP contribution in [0.4, 0.5) is 0 Å². The van der Waals surface area contributed by atoms with Crippen LogP contribution in [0.2, 0.25) is 10.0 Å². The number of thiazole rings is 1. The van der Waals surface area contributed by atoms with Crippen LogP contribution in [-0.4, -0.2) is 4.98 Å². The fourth-order valence-electron chi connectivity index (χ4n) is 1.84. The molecule has 0 radical (unpaired) electrons. The largest absolute Gasteiger partial charge is 0.301 e. The van der Waals surface area contributed by atoms with Crippen LogP contribution in [0.15, 0.2) is 29.8 Å². The Morgan fingerprint density at radius 1 is 1.22 bits per heavy atom. The maximum atomic E-state index is 6.21. The summed E-state index contributed by atoms with van der Waals surface area (Å²) in [6.45, 7) is 4.16. The fourth-order valence-corrected chi connectivity index (χ4v) is 2.97. The van der Waals surface area contributed by atoms with Crippen molar-refractivity contribution in [1.29, 1.82) is 0 Å². The summed E-state index contributed by atoms with van der Waals surface area (Å²) in [5, 5.41) is 7.72. The summed E-state index contributed by atoms with van der Waals surface area (Å²) in [5.41, 5.74) is 1.01. The Bertz CT molecular complexity index is 514. The second kappa shape index (κ2) is 6.02. The van der Waals surface area contributed by atoms with E-state index in [1.807, 2.05) is 23.7 Å². The highest BCUT2D eigenvalue weighted by atomic mass is 35.5. The van der Waals surface area contributed by atoms with Crippen molar-refractivity contribution in [1.82, 2.24) is 10.3 Å². The molecule has 18 heavy (non-hydrogen) atoms. The molecule has 0 aliphatic rings. The SMILES string of the molecule is CC(NC(C)c1cccc(Cl)c1Cl)c1nccs1. The lowest BCUT2D eigenvalue weighted by molar-refractivity contribution is 0.493. The first kappa shape index (κ1) is 13.8. The van der Waals surface area contributed by atoms with Crippen LogP contribution in [0.1, 0.15) is 36.5 Å². The second-order valence-corrected chi connectivity index (χ2v) is 5.83. The van der Waals surface area contributed by atoms with Gasteiger partial charge in [0.1, 0.15) is 5.01 Å². The summed E-state index contributed by atoms with van der Waals surface area (Å²) in [6, 6.07) is 6.01. The molecule has 2 nitrogen and oxygen atoms in total. The van der Waals surface area contributed by atoms with Gasteiger partial charge in [-0.05, 0) is 25.5 Å². The molecule has 1 aromatic heterocycles. The lowest BCUT2D eigenvalue weighted by Crippen LogP contribution is -2.22. The first-order valence-electron chi connectivity index (χ1n) is 5.69. The van der Waals surface area contributed by atoms with Crippen LogP contribution < -0.4 is 5.32 Å². The highest BCUT2D eigenvalue weighted by molar-refractivity contribution is 7.09. The topological polar surface area (TPSA) is 24.9 Å². The minimum Gasteiger partial charge on any atom is -0.301 e. The highest BCUT2D eigenvalue weighted by Crippen LogP contribution is 2.31. The smallest absolute Gasteiger partial charge is 0.109 e. The van der Waals surface area contributed by atoms with Gasteiger partial charge >= 0.3 is 0 Å². The molecule has 0 bridgehead atoms. The van der Waals surface area contributed by atoms with Gasteiger partial charge in [0.05, 0.1) is 16.1 Å². The van der Waals surface area contributed by atoms with Crippen molar-refractivity contribution < 1.29 is 0 Å². The zero-order valence-electron chi connectivity index (χ0n) is 10.2. The summed E-state index contributed by atoms with van der Waals surface area (Å²) < 4.78 is 0. The summed E-state index contributed by atoms with van der Waals surface area (Å²) in [5.74, 6) is 0. The molecule has 0 aliphatic carbocycles. The quantitative estimate of drug-likeness (QED) is 0.872. The molecule has 2 aromatic rings. The molecule has 2 unspecified atom stereocenters. The number of nitrogens with zero attached hydrogens (tertiary/aromatic N) is 1. The Hall–Kier alpha value is -0.610. The maximum absolute atomic E-state index is 6.21. The number of halogens is 2. The average Bonchev–Trinajstić information content (AvgIpc) is 2.86. The predicted octanol–water partition coefficient (Wildman–Crippen LogP) is 4.86. The van der Waals surface area contributed by atoms with Crippen molar-refractivity contribution in [2.45, 2.75) is 25.9 Å². The Kier molecular flexibility index (Phi) is 4.62. The summed E-state index contributed by atoms with van der Waals surface area (Å²) in [4.78, 5) is 4.30. The van der Waals surface area contributed by atoms with E-state index in [1.54, 1.807) is 17.4 Å². The molecule has 5 heteroatoms. The van der Waals surface area contributed by atoms with E-state index in [4.69, 9.17) is 23.2 Å². The van der Waals surface area contributed by atoms with Crippen molar-refractivity contribution in [3.8, 4) is 0 Å². The van der Waals surface area contributed by atoms with Gasteiger partial charge in [0, 0.05) is 17.6 Å². The maximum Gasteiger partial charge on any atom is 0.109 e. The van der Waals surface area contributed by atoms with Crippen molar-refractivity contribution in [3.05, 3.63) is 50.4 Å². The van der Waals surface area contributed by atoms with Gasteiger partial charge in [-0.1, -0.05) is 35.3 Å². The van der Waals surface area contributed by atoms with Gasteiger partial charge in [-0.15, -0.1) is 11.3 Å². The Morgan fingerprint density at radius 2 is 2.00 bits per heavy atom. The van der Waals surface area contributed by atoms with Crippen LogP contribution in [-0.2, 0) is 0 Å². The molecule has 1 N–H and O–H groups in total. The average molecular weight is 301 g/mol. The molecular formula is C13H14Cl2N2S. The number of aromatic nitrogens is 1. The normalized spacial score (nSPS) is 14.4. The van der Waals surface area contributed by atoms with Gasteiger partial charge in [0.25, 0.3) is 0 Å². The van der Waals surface area contributed by atoms with E-state index in [1.165, 1.54) is 0 Å². The van der Waals surface area contributed by atoms with Gasteiger partial charge in [-0.3, -0.25) is 0 Å². The standard InChI is InChI=1S/C13H14Cl2N2S/c1-8(10-4-3-5-11(14)12(10)15)17-9(2)13-16-6-7-18-13/h3-9,17H,1-2H3. The summed E-state index contributed by atoms with van der Waals surface area (Å²) in [7, 11) is 0. The van der Waals surface area contributed by atoms with Gasteiger partial charge in [-0.2, -0.15) is 0 Å². The minimum atomic E-state index is 0.120. The third kappa shape index (κ3) is 3.04. The predicted molar refractivity (Wildman–Crippen MR) is 78.5 cm³/mol. The minimum absolute atomic E-state index is 0.120. The van der Waals surface area contributed by atoms with E-state index < -0.39 is 0 Å². The molecule has 0 spiro atoms. The number of rotatable bonds is 4. The van der Waals surface area contributed by atoms with Crippen LogP contribution in [0, 0.1) is 0 Å². The van der Waals surface area contributed by atoms with Crippen molar-refractivity contribution >= 4 is 34.5 Å². The van der Waals surface area contributed by atoms with Crippen LogP contribution >= 0.6 is 34.5 Å². The molecular weight excluding hydrogens is 287 g/mol. The Morgan fingerprint density at radius 3 is 2.67 bits per heavy atom. The summed E-state index contributed by atoms with van der Waals surface area (Å²) in [6.07, 6.45) is 1.81. The lowest BCUT2D eigenvalue weighted by atomic mass is 10.1. The van der Waals surface area contributed by atoms with Crippen LogP contribution in [0.25, 0.3) is 0 Å². The second-order valence-electron chi connectivity index (χ2n) is 4.12. The van der Waals surface area contributed by atoms with Crippen LogP contribution in [0.5, 0.6) is 0 Å². The van der Waals surface area contributed by atoms with Crippen molar-refractivity contribution in [3.63, 3.8) is 0 Å². The van der Waals surface area contributed by atoms with E-state index >= 15 is 0 Å². The molecule has 1 heterocycles. The van der Waals surface area contributed by atoms with Crippen LogP contribution in [0.3, 0.4) is 0 Å². The molecule has 0 saturated carbocycles. The Balaban J connectivity index is 2.12. The third-order valence-corrected chi connectivity index (χ3v) is 4.56. The van der Waals surface area contributed by atoms with Gasteiger partial charge in [0.2, 0.25) is 0 Å². The number of benzene rings is 1. The van der Waals surface area contributed by atoms with Gasteiger partial charge < -0.3 is 5.32 Å². The zero-order chi connectivity index (χ0) is 13.1. The van der Waals surface area contributed by atoms with E-state index in [-0.39, 0.29) is 12.1 Å². The summed E-state index contributed by atoms with van der Waals surface area (Å²) >= 11 is 13.9. The van der Waals surface area contributed by atoms with Crippen molar-refractivity contribution in [2.24, 2.45) is 0 Å². The third-order valence-electron chi connectivity index (χ3n) is 2.77. The van der Waals surface area contributed by atoms with E-state index in [0.29, 0.717) is 10.0 Å². The van der Waals surface area contributed by atoms with E-state index in [2.05, 4.69) is 24.1 Å². The molecule has 0 saturated heterocycles. The lowest BCUT2D eigenvalue weighted by Gasteiger charge is -2.20. The number of hydrogen-bond donors (Lipinski definition) is 1. The molecule has 96 valence electrons. The first-order chi connectivity index (χ1) is 8.59. The molecule has 2 rings (SSSR count). The fraction of sp³-hybridized carbons (Fsp3) is 0.308. The van der Waals surface area contributed by atoms with Crippen molar-refractivity contribution in [2.75, 3.05) is 0 Å². The van der Waals surface area contributed by atoms with E-state index in [0.717, 1.165) is 10.6 Å². The van der Waals surface area contributed by atoms with E-state index in [9.17, 15) is 0 Å².